The van der Waals surface area contributed by atoms with E-state index in [-0.39, 0.29) is 11.5 Å². The lowest BCUT2D eigenvalue weighted by Gasteiger charge is -2.23. The summed E-state index contributed by atoms with van der Waals surface area (Å²) in [6.07, 6.45) is 2.40. The van der Waals surface area contributed by atoms with Crippen LogP contribution in [0.3, 0.4) is 0 Å². The van der Waals surface area contributed by atoms with E-state index >= 15 is 0 Å². The second-order valence-electron chi connectivity index (χ2n) is 5.33. The maximum atomic E-state index is 6.42. The lowest BCUT2D eigenvalue weighted by Crippen LogP contribution is -2.31. The van der Waals surface area contributed by atoms with Crippen molar-refractivity contribution < 1.29 is 4.42 Å². The van der Waals surface area contributed by atoms with E-state index in [1.165, 1.54) is 12.8 Å². The third kappa shape index (κ3) is 1.82. The van der Waals surface area contributed by atoms with E-state index < -0.39 is 0 Å². The predicted molar refractivity (Wildman–Crippen MR) is 71.3 cm³/mol. The Bertz CT molecular complexity index is 571. The fraction of sp³-hybridized carbons (Fsp3) is 0.500. The van der Waals surface area contributed by atoms with Gasteiger partial charge in [0.1, 0.15) is 5.52 Å². The molecule has 1 heterocycles. The molecule has 1 aromatic carbocycles. The molecule has 0 saturated heterocycles. The van der Waals surface area contributed by atoms with E-state index in [9.17, 15) is 0 Å². The molecule has 1 fully saturated rings. The van der Waals surface area contributed by atoms with Gasteiger partial charge in [-0.2, -0.15) is 0 Å². The predicted octanol–water partition coefficient (Wildman–Crippen LogP) is 2.14. The van der Waals surface area contributed by atoms with Crippen molar-refractivity contribution >= 4 is 11.1 Å². The van der Waals surface area contributed by atoms with Crippen LogP contribution in [0.4, 0.5) is 0 Å². The van der Waals surface area contributed by atoms with Gasteiger partial charge < -0.3 is 15.5 Å². The number of aryl methyl sites for hydroxylation is 1. The Morgan fingerprint density at radius 1 is 1.50 bits per heavy atom. The molecule has 4 heteroatoms. The molecule has 0 spiro atoms. The Morgan fingerprint density at radius 3 is 2.94 bits per heavy atom. The Hall–Kier alpha value is -1.39. The first-order valence-corrected chi connectivity index (χ1v) is 6.42. The molecule has 0 radical (unpaired) electrons. The first-order chi connectivity index (χ1) is 8.64. The molecule has 4 nitrogen and oxygen atoms in total. The van der Waals surface area contributed by atoms with Gasteiger partial charge in [0.25, 0.3) is 0 Å². The van der Waals surface area contributed by atoms with E-state index in [4.69, 9.17) is 10.2 Å². The number of hydrogen-bond donors (Lipinski definition) is 2. The second-order valence-corrected chi connectivity index (χ2v) is 5.33. The highest BCUT2D eigenvalue weighted by atomic mass is 16.3. The summed E-state index contributed by atoms with van der Waals surface area (Å²) >= 11 is 0. The van der Waals surface area contributed by atoms with Gasteiger partial charge in [0, 0.05) is 24.9 Å². The largest absolute Gasteiger partial charge is 0.441 e. The summed E-state index contributed by atoms with van der Waals surface area (Å²) in [5.41, 5.74) is 9.55. The Balaban J connectivity index is 1.94. The maximum Gasteiger partial charge on any atom is 0.192 e. The molecule has 1 aromatic heterocycles. The molecule has 1 aliphatic rings. The van der Waals surface area contributed by atoms with Crippen LogP contribution in [0, 0.1) is 12.3 Å². The Morgan fingerprint density at radius 2 is 2.28 bits per heavy atom. The van der Waals surface area contributed by atoms with E-state index in [1.54, 1.807) is 0 Å². The van der Waals surface area contributed by atoms with Gasteiger partial charge in [-0.1, -0.05) is 6.07 Å². The van der Waals surface area contributed by atoms with Crippen LogP contribution < -0.4 is 11.1 Å². The topological polar surface area (TPSA) is 64.1 Å². The van der Waals surface area contributed by atoms with E-state index in [2.05, 4.69) is 22.4 Å². The van der Waals surface area contributed by atoms with Gasteiger partial charge in [0.2, 0.25) is 0 Å². The average Bonchev–Trinajstić information content (AvgIpc) is 3.02. The van der Waals surface area contributed by atoms with E-state index in [1.807, 2.05) is 20.0 Å². The quantitative estimate of drug-likeness (QED) is 0.866. The molecule has 18 heavy (non-hydrogen) atoms. The monoisotopic (exact) mass is 245 g/mol. The molecule has 1 aliphatic carbocycles. The molecule has 3 rings (SSSR count). The minimum Gasteiger partial charge on any atom is -0.441 e. The Kier molecular flexibility index (Phi) is 2.64. The summed E-state index contributed by atoms with van der Waals surface area (Å²) in [5, 5.41) is 3.25. The molecule has 1 unspecified atom stereocenters. The van der Waals surface area contributed by atoms with Gasteiger partial charge in [-0.3, -0.25) is 0 Å². The molecule has 3 N–H and O–H groups in total. The second kappa shape index (κ2) is 4.07. The van der Waals surface area contributed by atoms with Gasteiger partial charge >= 0.3 is 0 Å². The molecule has 1 atom stereocenters. The van der Waals surface area contributed by atoms with Crippen LogP contribution in [0.15, 0.2) is 22.6 Å². The van der Waals surface area contributed by atoms with Gasteiger partial charge in [0.05, 0.1) is 0 Å². The van der Waals surface area contributed by atoms with Crippen LogP contribution in [0.25, 0.3) is 11.1 Å². The highest BCUT2D eigenvalue weighted by Crippen LogP contribution is 2.53. The number of rotatable bonds is 4. The minimum atomic E-state index is 0.0753. The smallest absolute Gasteiger partial charge is 0.192 e. The summed E-state index contributed by atoms with van der Waals surface area (Å²) in [4.78, 5) is 4.37. The summed E-state index contributed by atoms with van der Waals surface area (Å²) in [5.74, 6) is 0.701. The number of aromatic nitrogens is 1. The highest BCUT2D eigenvalue weighted by molar-refractivity contribution is 5.73. The number of oxazole rings is 1. The van der Waals surface area contributed by atoms with Crippen LogP contribution >= 0.6 is 0 Å². The molecule has 2 aromatic rings. The first-order valence-electron chi connectivity index (χ1n) is 6.42. The lowest BCUT2D eigenvalue weighted by molar-refractivity contribution is 0.392. The van der Waals surface area contributed by atoms with Gasteiger partial charge in [-0.05, 0) is 37.6 Å². The zero-order valence-corrected chi connectivity index (χ0v) is 10.9. The number of benzene rings is 1. The van der Waals surface area contributed by atoms with Crippen LogP contribution in [0.5, 0.6) is 0 Å². The van der Waals surface area contributed by atoms with E-state index in [0.717, 1.165) is 23.2 Å². The van der Waals surface area contributed by atoms with Crippen molar-refractivity contribution in [3.05, 3.63) is 29.7 Å². The van der Waals surface area contributed by atoms with Gasteiger partial charge in [-0.15, -0.1) is 0 Å². The summed E-state index contributed by atoms with van der Waals surface area (Å²) in [6.45, 7) is 2.84. The zero-order chi connectivity index (χ0) is 12.8. The number of nitrogens with two attached hydrogens (primary N) is 1. The van der Waals surface area contributed by atoms with Gasteiger partial charge in [-0.25, -0.2) is 4.98 Å². The lowest BCUT2D eigenvalue weighted by atomic mass is 9.90. The summed E-state index contributed by atoms with van der Waals surface area (Å²) in [7, 11) is 1.98. The third-order valence-corrected chi connectivity index (χ3v) is 3.96. The molecule has 0 bridgehead atoms. The average molecular weight is 245 g/mol. The minimum absolute atomic E-state index is 0.0753. The van der Waals surface area contributed by atoms with E-state index in [0.29, 0.717) is 5.89 Å². The van der Waals surface area contributed by atoms with Crippen LogP contribution in [0.1, 0.15) is 30.3 Å². The molecule has 0 aliphatic heterocycles. The standard InChI is InChI=1S/C14H19N3O/c1-9-17-11-7-10(3-4-12(11)18-9)13(15)14(5-6-14)8-16-2/h3-4,7,13,16H,5-6,8,15H2,1-2H3. The van der Waals surface area contributed by atoms with Crippen molar-refractivity contribution in [2.24, 2.45) is 11.1 Å². The van der Waals surface area contributed by atoms with Crippen molar-refractivity contribution in [2.45, 2.75) is 25.8 Å². The number of nitrogens with one attached hydrogen (secondary N) is 1. The normalized spacial score (nSPS) is 19.1. The fourth-order valence-corrected chi connectivity index (χ4v) is 2.72. The van der Waals surface area contributed by atoms with Crippen LogP contribution in [0.2, 0.25) is 0 Å². The van der Waals surface area contributed by atoms with Crippen molar-refractivity contribution in [1.82, 2.24) is 10.3 Å². The Labute approximate surface area is 107 Å². The van der Waals surface area contributed by atoms with Crippen molar-refractivity contribution in [3.63, 3.8) is 0 Å². The number of fused-ring (bicyclic) bond motifs is 1. The molecular formula is C14H19N3O. The summed E-state index contributed by atoms with van der Waals surface area (Å²) < 4.78 is 5.49. The molecule has 0 amide bonds. The SMILES string of the molecule is CNCC1(C(N)c2ccc3oc(C)nc3c2)CC1. The zero-order valence-electron chi connectivity index (χ0n) is 10.9. The highest BCUT2D eigenvalue weighted by Gasteiger charge is 2.47. The maximum absolute atomic E-state index is 6.42. The van der Waals surface area contributed by atoms with Crippen LogP contribution in [-0.2, 0) is 0 Å². The fourth-order valence-electron chi connectivity index (χ4n) is 2.72. The van der Waals surface area contributed by atoms with Crippen LogP contribution in [-0.4, -0.2) is 18.6 Å². The number of nitrogens with zero attached hydrogens (tertiary/aromatic N) is 1. The summed E-state index contributed by atoms with van der Waals surface area (Å²) in [6, 6.07) is 6.17. The van der Waals surface area contributed by atoms with Gasteiger partial charge in [0.15, 0.2) is 11.5 Å². The van der Waals surface area contributed by atoms with Crippen molar-refractivity contribution in [3.8, 4) is 0 Å². The molecule has 96 valence electrons. The molecule has 1 saturated carbocycles. The van der Waals surface area contributed by atoms with Crippen molar-refractivity contribution in [1.29, 1.82) is 0 Å². The third-order valence-electron chi connectivity index (χ3n) is 3.96. The first kappa shape index (κ1) is 11.7. The van der Waals surface area contributed by atoms with Crippen molar-refractivity contribution in [2.75, 3.05) is 13.6 Å². The molecular weight excluding hydrogens is 226 g/mol. The number of hydrogen-bond acceptors (Lipinski definition) is 4.